The maximum absolute atomic E-state index is 10.8. The fraction of sp³-hybridized carbons (Fsp3) is 0.462. The van der Waals surface area contributed by atoms with E-state index in [-0.39, 0.29) is 5.69 Å². The molecular weight excluding hydrogens is 262 g/mol. The Morgan fingerprint density at radius 1 is 1.55 bits per heavy atom. The van der Waals surface area contributed by atoms with Crippen molar-refractivity contribution in [1.82, 2.24) is 4.90 Å². The van der Waals surface area contributed by atoms with Crippen molar-refractivity contribution in [3.8, 4) is 0 Å². The SMILES string of the molecule is CN(CCN1CCCc2ccc([N+](=O)[O-])cc21)C(=O)O. The Hall–Kier alpha value is -2.31. The fourth-order valence-electron chi connectivity index (χ4n) is 2.35. The maximum atomic E-state index is 10.8. The molecule has 1 N–H and O–H groups in total. The van der Waals surface area contributed by atoms with Gasteiger partial charge < -0.3 is 14.9 Å². The Labute approximate surface area is 116 Å². The number of carbonyl (C=O) groups is 1. The topological polar surface area (TPSA) is 86.9 Å². The number of hydrogen-bond acceptors (Lipinski definition) is 4. The molecular formula is C13H17N3O4. The molecule has 0 saturated heterocycles. The van der Waals surface area contributed by atoms with Crippen molar-refractivity contribution in [3.05, 3.63) is 33.9 Å². The van der Waals surface area contributed by atoms with E-state index >= 15 is 0 Å². The number of carboxylic acid groups (broad SMARTS) is 1. The number of benzene rings is 1. The minimum Gasteiger partial charge on any atom is -0.465 e. The Morgan fingerprint density at radius 3 is 2.95 bits per heavy atom. The van der Waals surface area contributed by atoms with Crippen LogP contribution in [0, 0.1) is 10.1 Å². The number of likely N-dealkylation sites (N-methyl/N-ethyl adjacent to an activating group) is 1. The van der Waals surface area contributed by atoms with E-state index < -0.39 is 11.0 Å². The van der Waals surface area contributed by atoms with Gasteiger partial charge in [0.05, 0.1) is 4.92 Å². The van der Waals surface area contributed by atoms with Crippen LogP contribution in [0.5, 0.6) is 0 Å². The van der Waals surface area contributed by atoms with E-state index in [9.17, 15) is 14.9 Å². The standard InChI is InChI=1S/C13H17N3O4/c1-14(13(17)18)7-8-15-6-2-3-10-4-5-11(16(19)20)9-12(10)15/h4-5,9H,2-3,6-8H2,1H3,(H,17,18). The molecule has 0 aliphatic carbocycles. The Morgan fingerprint density at radius 2 is 2.30 bits per heavy atom. The second-order valence-corrected chi connectivity index (χ2v) is 4.86. The summed E-state index contributed by atoms with van der Waals surface area (Å²) in [5.41, 5.74) is 2.01. The first kappa shape index (κ1) is 14.1. The lowest BCUT2D eigenvalue weighted by Crippen LogP contribution is -2.38. The second kappa shape index (κ2) is 5.77. The number of nitrogens with zero attached hydrogens (tertiary/aromatic N) is 3. The van der Waals surface area contributed by atoms with Crippen molar-refractivity contribution in [2.45, 2.75) is 12.8 Å². The predicted octanol–water partition coefficient (Wildman–Crippen LogP) is 1.96. The van der Waals surface area contributed by atoms with Crippen LogP contribution < -0.4 is 4.90 Å². The normalized spacial score (nSPS) is 13.8. The molecule has 0 bridgehead atoms. The van der Waals surface area contributed by atoms with Crippen LogP contribution in [-0.4, -0.2) is 47.7 Å². The van der Waals surface area contributed by atoms with E-state index in [1.54, 1.807) is 12.1 Å². The van der Waals surface area contributed by atoms with Crippen LogP contribution in [0.4, 0.5) is 16.2 Å². The molecule has 1 aromatic carbocycles. The van der Waals surface area contributed by atoms with E-state index in [1.165, 1.54) is 18.0 Å². The molecule has 0 spiro atoms. The van der Waals surface area contributed by atoms with Gasteiger partial charge in [-0.15, -0.1) is 0 Å². The average molecular weight is 279 g/mol. The maximum Gasteiger partial charge on any atom is 0.407 e. The third-order valence-electron chi connectivity index (χ3n) is 3.53. The molecule has 1 amide bonds. The van der Waals surface area contributed by atoms with Gasteiger partial charge in [-0.3, -0.25) is 10.1 Å². The van der Waals surface area contributed by atoms with Crippen molar-refractivity contribution < 1.29 is 14.8 Å². The zero-order valence-corrected chi connectivity index (χ0v) is 11.3. The number of aryl methyl sites for hydroxylation is 1. The molecule has 108 valence electrons. The molecule has 0 saturated carbocycles. The highest BCUT2D eigenvalue weighted by Crippen LogP contribution is 2.30. The minimum atomic E-state index is -0.971. The van der Waals surface area contributed by atoms with Crippen molar-refractivity contribution in [2.75, 3.05) is 31.6 Å². The van der Waals surface area contributed by atoms with Gasteiger partial charge >= 0.3 is 6.09 Å². The summed E-state index contributed by atoms with van der Waals surface area (Å²) in [6, 6.07) is 4.89. The fourth-order valence-corrected chi connectivity index (χ4v) is 2.35. The lowest BCUT2D eigenvalue weighted by molar-refractivity contribution is -0.384. The summed E-state index contributed by atoms with van der Waals surface area (Å²) >= 11 is 0. The Balaban J connectivity index is 2.16. The lowest BCUT2D eigenvalue weighted by atomic mass is 10.0. The molecule has 7 heteroatoms. The number of rotatable bonds is 4. The minimum absolute atomic E-state index is 0.0715. The van der Waals surface area contributed by atoms with Gasteiger partial charge in [0.1, 0.15) is 0 Å². The molecule has 0 aromatic heterocycles. The Bertz CT molecular complexity index is 532. The summed E-state index contributed by atoms with van der Waals surface area (Å²) in [5, 5.41) is 19.7. The molecule has 0 atom stereocenters. The molecule has 1 aliphatic rings. The molecule has 0 fully saturated rings. The summed E-state index contributed by atoms with van der Waals surface area (Å²) < 4.78 is 0. The summed E-state index contributed by atoms with van der Waals surface area (Å²) in [6.07, 6.45) is 0.904. The number of anilines is 1. The summed E-state index contributed by atoms with van der Waals surface area (Å²) in [5.74, 6) is 0. The van der Waals surface area contributed by atoms with Crippen LogP contribution in [0.25, 0.3) is 0 Å². The largest absolute Gasteiger partial charge is 0.465 e. The first-order valence-corrected chi connectivity index (χ1v) is 6.45. The van der Waals surface area contributed by atoms with E-state index in [4.69, 9.17) is 5.11 Å². The summed E-state index contributed by atoms with van der Waals surface area (Å²) in [6.45, 7) is 1.70. The highest BCUT2D eigenvalue weighted by atomic mass is 16.6. The van der Waals surface area contributed by atoms with E-state index in [2.05, 4.69) is 0 Å². The van der Waals surface area contributed by atoms with E-state index in [0.717, 1.165) is 30.6 Å². The zero-order valence-electron chi connectivity index (χ0n) is 11.3. The average Bonchev–Trinajstić information content (AvgIpc) is 2.43. The number of nitro groups is 1. The first-order valence-electron chi connectivity index (χ1n) is 6.45. The van der Waals surface area contributed by atoms with Gasteiger partial charge in [0.25, 0.3) is 5.69 Å². The molecule has 0 unspecified atom stereocenters. The monoisotopic (exact) mass is 279 g/mol. The van der Waals surface area contributed by atoms with Gasteiger partial charge in [0, 0.05) is 44.5 Å². The molecule has 1 aromatic rings. The van der Waals surface area contributed by atoms with Gasteiger partial charge in [0.2, 0.25) is 0 Å². The molecule has 1 aliphatic heterocycles. The van der Waals surface area contributed by atoms with Gasteiger partial charge in [-0.25, -0.2) is 4.79 Å². The number of nitro benzene ring substituents is 1. The van der Waals surface area contributed by atoms with Crippen molar-refractivity contribution in [2.24, 2.45) is 0 Å². The quantitative estimate of drug-likeness (QED) is 0.672. The lowest BCUT2D eigenvalue weighted by Gasteiger charge is -2.32. The van der Waals surface area contributed by atoms with Gasteiger partial charge in [-0.1, -0.05) is 6.07 Å². The van der Waals surface area contributed by atoms with Crippen LogP contribution >= 0.6 is 0 Å². The molecule has 0 radical (unpaired) electrons. The molecule has 20 heavy (non-hydrogen) atoms. The smallest absolute Gasteiger partial charge is 0.407 e. The molecule has 7 nitrogen and oxygen atoms in total. The van der Waals surface area contributed by atoms with Crippen LogP contribution in [0.15, 0.2) is 18.2 Å². The first-order chi connectivity index (χ1) is 9.49. The van der Waals surface area contributed by atoms with Crippen LogP contribution in [0.2, 0.25) is 0 Å². The van der Waals surface area contributed by atoms with Crippen LogP contribution in [0.3, 0.4) is 0 Å². The predicted molar refractivity (Wildman–Crippen MR) is 74.3 cm³/mol. The van der Waals surface area contributed by atoms with Crippen LogP contribution in [0.1, 0.15) is 12.0 Å². The number of fused-ring (bicyclic) bond motifs is 1. The van der Waals surface area contributed by atoms with E-state index in [0.29, 0.717) is 13.1 Å². The van der Waals surface area contributed by atoms with Gasteiger partial charge in [-0.2, -0.15) is 0 Å². The molecule has 2 rings (SSSR count). The van der Waals surface area contributed by atoms with Crippen LogP contribution in [-0.2, 0) is 6.42 Å². The summed E-state index contributed by atoms with van der Waals surface area (Å²) in [7, 11) is 1.51. The molecule has 1 heterocycles. The third kappa shape index (κ3) is 2.98. The van der Waals surface area contributed by atoms with Crippen molar-refractivity contribution in [3.63, 3.8) is 0 Å². The highest BCUT2D eigenvalue weighted by molar-refractivity contribution is 5.65. The van der Waals surface area contributed by atoms with E-state index in [1.807, 2.05) is 4.90 Å². The summed E-state index contributed by atoms with van der Waals surface area (Å²) in [4.78, 5) is 24.5. The number of hydrogen-bond donors (Lipinski definition) is 1. The van der Waals surface area contributed by atoms with Crippen molar-refractivity contribution >= 4 is 17.5 Å². The second-order valence-electron chi connectivity index (χ2n) is 4.86. The van der Waals surface area contributed by atoms with Gasteiger partial charge in [-0.05, 0) is 18.4 Å². The van der Waals surface area contributed by atoms with Gasteiger partial charge in [0.15, 0.2) is 0 Å². The van der Waals surface area contributed by atoms with Crippen molar-refractivity contribution in [1.29, 1.82) is 0 Å². The Kier molecular flexibility index (Phi) is 4.07. The highest BCUT2D eigenvalue weighted by Gasteiger charge is 2.20. The zero-order chi connectivity index (χ0) is 14.7. The number of non-ortho nitro benzene ring substituents is 1. The third-order valence-corrected chi connectivity index (χ3v) is 3.53. The number of amides is 1.